The van der Waals surface area contributed by atoms with Gasteiger partial charge in [-0.1, -0.05) is 52.3 Å². The Morgan fingerprint density at radius 3 is 1.71 bits per heavy atom. The molecule has 0 aliphatic carbocycles. The summed E-state index contributed by atoms with van der Waals surface area (Å²) in [5.41, 5.74) is 4.32. The van der Waals surface area contributed by atoms with Crippen LogP contribution < -0.4 is 18.9 Å². The summed E-state index contributed by atoms with van der Waals surface area (Å²) in [5, 5.41) is 0. The predicted molar refractivity (Wildman–Crippen MR) is 145 cm³/mol. The van der Waals surface area contributed by atoms with Crippen molar-refractivity contribution in [2.24, 2.45) is 0 Å². The lowest BCUT2D eigenvalue weighted by molar-refractivity contribution is 0.412. The third-order valence-electron chi connectivity index (χ3n) is 5.13. The Morgan fingerprint density at radius 1 is 0.500 bits per heavy atom. The average Bonchev–Trinajstić information content (AvgIpc) is 2.89. The van der Waals surface area contributed by atoms with Gasteiger partial charge in [0, 0.05) is 15.6 Å². The Bertz CT molecular complexity index is 1220. The lowest BCUT2D eigenvalue weighted by Gasteiger charge is -2.11. The fourth-order valence-corrected chi connectivity index (χ4v) is 4.30. The van der Waals surface area contributed by atoms with E-state index in [1.807, 2.05) is 84.9 Å². The Kier molecular flexibility index (Phi) is 9.42. The van der Waals surface area contributed by atoms with E-state index in [4.69, 9.17) is 18.9 Å². The maximum Gasteiger partial charge on any atom is 0.133 e. The van der Waals surface area contributed by atoms with Crippen LogP contribution in [0.15, 0.2) is 93.9 Å². The van der Waals surface area contributed by atoms with Crippen LogP contribution in [0.1, 0.15) is 0 Å². The second-order valence-electron chi connectivity index (χ2n) is 7.12. The summed E-state index contributed by atoms with van der Waals surface area (Å²) in [6.45, 7) is 0. The third-order valence-corrected chi connectivity index (χ3v) is 6.25. The highest BCUT2D eigenvalue weighted by atomic mass is 79.9. The summed E-state index contributed by atoms with van der Waals surface area (Å²) in [4.78, 5) is 0. The van der Waals surface area contributed by atoms with E-state index >= 15 is 0 Å². The molecule has 0 radical (unpaired) electrons. The minimum Gasteiger partial charge on any atom is -0.497 e. The van der Waals surface area contributed by atoms with Crippen molar-refractivity contribution in [3.05, 3.63) is 93.9 Å². The Balaban J connectivity index is 0.000000192. The largest absolute Gasteiger partial charge is 0.497 e. The highest BCUT2D eigenvalue weighted by molar-refractivity contribution is 9.10. The smallest absolute Gasteiger partial charge is 0.133 e. The van der Waals surface area contributed by atoms with Gasteiger partial charge in [-0.25, -0.2) is 0 Å². The van der Waals surface area contributed by atoms with Gasteiger partial charge in [0.15, 0.2) is 0 Å². The van der Waals surface area contributed by atoms with E-state index in [-0.39, 0.29) is 0 Å². The summed E-state index contributed by atoms with van der Waals surface area (Å²) >= 11 is 6.97. The van der Waals surface area contributed by atoms with Crippen molar-refractivity contribution in [1.82, 2.24) is 0 Å². The van der Waals surface area contributed by atoms with Gasteiger partial charge in [-0.05, 0) is 75.6 Å². The standard InChI is InChI=1S/C14H12Br2O2.C14H14O2/c1-17-13-6-4-10(15)8-11(13)9-3-5-14(18-2)12(16)7-9;1-15-12-9-7-11(8-10-12)13-5-3-4-6-14(13)16-2/h3-8H,1-2H3;3-10H,1-2H3. The highest BCUT2D eigenvalue weighted by Crippen LogP contribution is 2.36. The van der Waals surface area contributed by atoms with E-state index in [1.54, 1.807) is 28.4 Å². The van der Waals surface area contributed by atoms with Crippen LogP contribution >= 0.6 is 31.9 Å². The Labute approximate surface area is 217 Å². The van der Waals surface area contributed by atoms with Gasteiger partial charge in [0.25, 0.3) is 0 Å². The Hall–Kier alpha value is -2.96. The summed E-state index contributed by atoms with van der Waals surface area (Å²) in [6.07, 6.45) is 0. The van der Waals surface area contributed by atoms with Crippen molar-refractivity contribution in [3.8, 4) is 45.3 Å². The molecule has 0 saturated carbocycles. The second kappa shape index (κ2) is 12.5. The molecule has 0 N–H and O–H groups in total. The SMILES string of the molecule is COc1ccc(-c2cc(Br)ccc2OC)cc1Br.COc1ccc(-c2ccccc2OC)cc1. The molecule has 4 aromatic carbocycles. The van der Waals surface area contributed by atoms with Crippen LogP contribution in [0.25, 0.3) is 22.3 Å². The molecular formula is C28H26Br2O4. The van der Waals surface area contributed by atoms with Crippen LogP contribution in [-0.4, -0.2) is 28.4 Å². The minimum absolute atomic E-state index is 0.813. The summed E-state index contributed by atoms with van der Waals surface area (Å²) in [5.74, 6) is 3.40. The maximum atomic E-state index is 5.38. The van der Waals surface area contributed by atoms with Crippen molar-refractivity contribution in [1.29, 1.82) is 0 Å². The average molecular weight is 586 g/mol. The van der Waals surface area contributed by atoms with Crippen LogP contribution in [0.3, 0.4) is 0 Å². The first-order valence-corrected chi connectivity index (χ1v) is 12.0. The fraction of sp³-hybridized carbons (Fsp3) is 0.143. The summed E-state index contributed by atoms with van der Waals surface area (Å²) < 4.78 is 23.0. The third kappa shape index (κ3) is 6.33. The normalized spacial score (nSPS) is 10.1. The minimum atomic E-state index is 0.813. The zero-order valence-electron chi connectivity index (χ0n) is 19.5. The molecule has 176 valence electrons. The van der Waals surface area contributed by atoms with Crippen molar-refractivity contribution in [3.63, 3.8) is 0 Å². The molecule has 4 aromatic rings. The van der Waals surface area contributed by atoms with Crippen LogP contribution in [0.4, 0.5) is 0 Å². The van der Waals surface area contributed by atoms with E-state index in [2.05, 4.69) is 31.9 Å². The van der Waals surface area contributed by atoms with Crippen LogP contribution in [0.2, 0.25) is 0 Å². The van der Waals surface area contributed by atoms with Gasteiger partial charge in [0.05, 0.1) is 32.9 Å². The lowest BCUT2D eigenvalue weighted by atomic mass is 10.0. The summed E-state index contributed by atoms with van der Waals surface area (Å²) in [6, 6.07) is 27.8. The van der Waals surface area contributed by atoms with Gasteiger partial charge >= 0.3 is 0 Å². The van der Waals surface area contributed by atoms with Gasteiger partial charge in [0.2, 0.25) is 0 Å². The van der Waals surface area contributed by atoms with Crippen LogP contribution in [-0.2, 0) is 0 Å². The molecule has 4 rings (SSSR count). The Morgan fingerprint density at radius 2 is 1.09 bits per heavy atom. The first-order chi connectivity index (χ1) is 16.5. The van der Waals surface area contributed by atoms with Crippen molar-refractivity contribution >= 4 is 31.9 Å². The van der Waals surface area contributed by atoms with Gasteiger partial charge in [0.1, 0.15) is 23.0 Å². The monoisotopic (exact) mass is 584 g/mol. The molecule has 6 heteroatoms. The van der Waals surface area contributed by atoms with Crippen LogP contribution in [0, 0.1) is 0 Å². The molecule has 0 spiro atoms. The van der Waals surface area contributed by atoms with E-state index in [0.29, 0.717) is 0 Å². The zero-order valence-corrected chi connectivity index (χ0v) is 22.6. The van der Waals surface area contributed by atoms with Crippen LogP contribution in [0.5, 0.6) is 23.0 Å². The maximum absolute atomic E-state index is 5.38. The summed E-state index contributed by atoms with van der Waals surface area (Å²) in [7, 11) is 6.67. The molecule has 0 bridgehead atoms. The number of rotatable bonds is 6. The van der Waals surface area contributed by atoms with E-state index in [9.17, 15) is 0 Å². The van der Waals surface area contributed by atoms with Gasteiger partial charge in [-0.2, -0.15) is 0 Å². The molecule has 4 nitrogen and oxygen atoms in total. The molecule has 0 amide bonds. The molecule has 0 fully saturated rings. The van der Waals surface area contributed by atoms with Gasteiger partial charge in [-0.3, -0.25) is 0 Å². The number of ether oxygens (including phenoxy) is 4. The number of benzene rings is 4. The molecular weight excluding hydrogens is 560 g/mol. The molecule has 0 atom stereocenters. The molecule has 0 saturated heterocycles. The molecule has 34 heavy (non-hydrogen) atoms. The van der Waals surface area contributed by atoms with Crippen molar-refractivity contribution in [2.75, 3.05) is 28.4 Å². The highest BCUT2D eigenvalue weighted by Gasteiger charge is 2.09. The first-order valence-electron chi connectivity index (χ1n) is 10.5. The van der Waals surface area contributed by atoms with E-state index < -0.39 is 0 Å². The number of hydrogen-bond donors (Lipinski definition) is 0. The van der Waals surface area contributed by atoms with Crippen molar-refractivity contribution in [2.45, 2.75) is 0 Å². The van der Waals surface area contributed by atoms with Crippen molar-refractivity contribution < 1.29 is 18.9 Å². The number of hydrogen-bond acceptors (Lipinski definition) is 4. The number of para-hydroxylation sites is 1. The lowest BCUT2D eigenvalue weighted by Crippen LogP contribution is -1.89. The zero-order chi connectivity index (χ0) is 24.5. The predicted octanol–water partition coefficient (Wildman–Crippen LogP) is 8.27. The quantitative estimate of drug-likeness (QED) is 0.228. The molecule has 0 aliphatic heterocycles. The molecule has 0 aromatic heterocycles. The first kappa shape index (κ1) is 25.7. The van der Waals surface area contributed by atoms with Gasteiger partial charge in [-0.15, -0.1) is 0 Å². The molecule has 0 heterocycles. The second-order valence-corrected chi connectivity index (χ2v) is 8.89. The van der Waals surface area contributed by atoms with Gasteiger partial charge < -0.3 is 18.9 Å². The molecule has 0 aliphatic rings. The van der Waals surface area contributed by atoms with E-state index in [0.717, 1.165) is 54.2 Å². The number of methoxy groups -OCH3 is 4. The topological polar surface area (TPSA) is 36.9 Å². The fourth-order valence-electron chi connectivity index (χ4n) is 3.39. The number of halogens is 2. The van der Waals surface area contributed by atoms with E-state index in [1.165, 1.54) is 0 Å². The molecule has 0 unspecified atom stereocenters.